The van der Waals surface area contributed by atoms with Crippen LogP contribution in [0.3, 0.4) is 0 Å². The normalized spacial score (nSPS) is 10.8. The average Bonchev–Trinajstić information content (AvgIpc) is 3.34. The highest BCUT2D eigenvalue weighted by Gasteiger charge is 2.19. The first-order chi connectivity index (χ1) is 17.5. The largest absolute Gasteiger partial charge is 0.457 e. The van der Waals surface area contributed by atoms with Crippen LogP contribution in [0.5, 0.6) is 11.5 Å². The van der Waals surface area contributed by atoms with E-state index < -0.39 is 5.91 Å². The van der Waals surface area contributed by atoms with Crippen molar-refractivity contribution in [3.05, 3.63) is 117 Å². The standard InChI is InChI=1S/C27H17BrCl2N4O2/c28-18-8-6-17(7-9-18)26-32-25(33-34(26)20-12-15-23(29)24(30)16-20)27(35)31-19-10-13-22(14-11-19)36-21-4-2-1-3-5-21/h1-16H,(H,31,35). The van der Waals surface area contributed by atoms with Crippen LogP contribution in [0.25, 0.3) is 17.1 Å². The van der Waals surface area contributed by atoms with Gasteiger partial charge in [0.25, 0.3) is 5.91 Å². The Balaban J connectivity index is 1.42. The summed E-state index contributed by atoms with van der Waals surface area (Å²) in [5.41, 5.74) is 1.98. The van der Waals surface area contributed by atoms with Gasteiger partial charge in [-0.15, -0.1) is 5.10 Å². The number of halogens is 3. The molecule has 178 valence electrons. The molecule has 1 heterocycles. The van der Waals surface area contributed by atoms with Gasteiger partial charge in [-0.25, -0.2) is 9.67 Å². The van der Waals surface area contributed by atoms with Crippen LogP contribution in [0, 0.1) is 0 Å². The molecular weight excluding hydrogens is 563 g/mol. The van der Waals surface area contributed by atoms with Gasteiger partial charge >= 0.3 is 0 Å². The zero-order chi connectivity index (χ0) is 25.1. The lowest BCUT2D eigenvalue weighted by Gasteiger charge is -2.07. The Kier molecular flexibility index (Phi) is 7.04. The summed E-state index contributed by atoms with van der Waals surface area (Å²) in [7, 11) is 0. The van der Waals surface area contributed by atoms with Crippen LogP contribution in [-0.2, 0) is 0 Å². The van der Waals surface area contributed by atoms with Crippen molar-refractivity contribution in [3.8, 4) is 28.6 Å². The maximum Gasteiger partial charge on any atom is 0.295 e. The maximum atomic E-state index is 13.1. The van der Waals surface area contributed by atoms with Gasteiger partial charge in [-0.1, -0.05) is 69.5 Å². The zero-order valence-corrected chi connectivity index (χ0v) is 21.6. The molecule has 0 aliphatic heterocycles. The Morgan fingerprint density at radius 3 is 2.22 bits per heavy atom. The molecule has 9 heteroatoms. The second-order valence-corrected chi connectivity index (χ2v) is 9.40. The van der Waals surface area contributed by atoms with E-state index in [-0.39, 0.29) is 5.82 Å². The van der Waals surface area contributed by atoms with Crippen molar-refractivity contribution in [2.24, 2.45) is 0 Å². The summed E-state index contributed by atoms with van der Waals surface area (Å²) in [4.78, 5) is 17.6. The molecular formula is C27H17BrCl2N4O2. The molecule has 0 atom stereocenters. The van der Waals surface area contributed by atoms with Gasteiger partial charge in [-0.3, -0.25) is 4.79 Å². The van der Waals surface area contributed by atoms with Crippen molar-refractivity contribution in [1.29, 1.82) is 0 Å². The molecule has 5 rings (SSSR count). The summed E-state index contributed by atoms with van der Waals surface area (Å²) in [5.74, 6) is 1.41. The second-order valence-electron chi connectivity index (χ2n) is 7.67. The number of para-hydroxylation sites is 1. The van der Waals surface area contributed by atoms with Crippen LogP contribution in [0.15, 0.2) is 102 Å². The quantitative estimate of drug-likeness (QED) is 0.221. The Morgan fingerprint density at radius 1 is 0.833 bits per heavy atom. The van der Waals surface area contributed by atoms with Crippen molar-refractivity contribution in [1.82, 2.24) is 14.8 Å². The van der Waals surface area contributed by atoms with Crippen molar-refractivity contribution in [3.63, 3.8) is 0 Å². The highest BCUT2D eigenvalue weighted by atomic mass is 79.9. The van der Waals surface area contributed by atoms with Gasteiger partial charge in [-0.2, -0.15) is 0 Å². The van der Waals surface area contributed by atoms with E-state index in [1.54, 1.807) is 47.1 Å². The fraction of sp³-hybridized carbons (Fsp3) is 0. The molecule has 0 aliphatic rings. The van der Waals surface area contributed by atoms with Crippen molar-refractivity contribution in [2.75, 3.05) is 5.32 Å². The van der Waals surface area contributed by atoms with E-state index in [2.05, 4.69) is 31.3 Å². The smallest absolute Gasteiger partial charge is 0.295 e. The van der Waals surface area contributed by atoms with Crippen LogP contribution in [0.2, 0.25) is 10.0 Å². The Morgan fingerprint density at radius 2 is 1.53 bits per heavy atom. The number of carbonyl (C=O) groups is 1. The number of ether oxygens (including phenoxy) is 1. The van der Waals surface area contributed by atoms with Crippen molar-refractivity contribution < 1.29 is 9.53 Å². The number of hydrogen-bond acceptors (Lipinski definition) is 4. The van der Waals surface area contributed by atoms with E-state index in [9.17, 15) is 4.79 Å². The Bertz CT molecular complexity index is 1520. The van der Waals surface area contributed by atoms with Crippen LogP contribution >= 0.6 is 39.1 Å². The Labute approximate surface area is 225 Å². The number of rotatable bonds is 6. The van der Waals surface area contributed by atoms with Gasteiger partial charge in [0.15, 0.2) is 5.82 Å². The molecule has 1 N–H and O–H groups in total. The second kappa shape index (κ2) is 10.5. The lowest BCUT2D eigenvalue weighted by molar-refractivity contribution is 0.101. The monoisotopic (exact) mass is 578 g/mol. The lowest BCUT2D eigenvalue weighted by atomic mass is 10.2. The molecule has 0 radical (unpaired) electrons. The van der Waals surface area contributed by atoms with Crippen LogP contribution in [-0.4, -0.2) is 20.7 Å². The number of aromatic nitrogens is 3. The third-order valence-electron chi connectivity index (χ3n) is 5.15. The fourth-order valence-electron chi connectivity index (χ4n) is 3.41. The molecule has 36 heavy (non-hydrogen) atoms. The minimum atomic E-state index is -0.455. The maximum absolute atomic E-state index is 13.1. The van der Waals surface area contributed by atoms with Gasteiger partial charge in [0.2, 0.25) is 5.82 Å². The van der Waals surface area contributed by atoms with Crippen LogP contribution in [0.1, 0.15) is 10.6 Å². The lowest BCUT2D eigenvalue weighted by Crippen LogP contribution is -2.14. The van der Waals surface area contributed by atoms with E-state index >= 15 is 0 Å². The van der Waals surface area contributed by atoms with Crippen molar-refractivity contribution in [2.45, 2.75) is 0 Å². The number of amides is 1. The van der Waals surface area contributed by atoms with E-state index in [0.717, 1.165) is 15.8 Å². The molecule has 1 amide bonds. The summed E-state index contributed by atoms with van der Waals surface area (Å²) in [6.45, 7) is 0. The number of benzene rings is 4. The molecule has 6 nitrogen and oxygen atoms in total. The minimum Gasteiger partial charge on any atom is -0.457 e. The van der Waals surface area contributed by atoms with E-state index in [4.69, 9.17) is 27.9 Å². The molecule has 0 unspecified atom stereocenters. The van der Waals surface area contributed by atoms with E-state index in [1.165, 1.54) is 0 Å². The zero-order valence-electron chi connectivity index (χ0n) is 18.5. The molecule has 0 saturated carbocycles. The highest BCUT2D eigenvalue weighted by Crippen LogP contribution is 2.28. The highest BCUT2D eigenvalue weighted by molar-refractivity contribution is 9.10. The van der Waals surface area contributed by atoms with E-state index in [1.807, 2.05) is 54.6 Å². The predicted octanol–water partition coefficient (Wildman–Crippen LogP) is 8.05. The first kappa shape index (κ1) is 24.1. The SMILES string of the molecule is O=C(Nc1ccc(Oc2ccccc2)cc1)c1nc(-c2ccc(Br)cc2)n(-c2ccc(Cl)c(Cl)c2)n1. The molecule has 0 spiro atoms. The summed E-state index contributed by atoms with van der Waals surface area (Å²) in [5, 5.41) is 8.10. The molecule has 0 fully saturated rings. The van der Waals surface area contributed by atoms with Crippen LogP contribution < -0.4 is 10.1 Å². The third-order valence-corrected chi connectivity index (χ3v) is 6.42. The predicted molar refractivity (Wildman–Crippen MR) is 145 cm³/mol. The van der Waals surface area contributed by atoms with Crippen LogP contribution in [0.4, 0.5) is 5.69 Å². The molecule has 0 saturated heterocycles. The van der Waals surface area contributed by atoms with Gasteiger partial charge in [0.05, 0.1) is 15.7 Å². The third kappa shape index (κ3) is 5.44. The van der Waals surface area contributed by atoms with Crippen molar-refractivity contribution >= 4 is 50.7 Å². The van der Waals surface area contributed by atoms with E-state index in [0.29, 0.717) is 33.0 Å². The number of anilines is 1. The fourth-order valence-corrected chi connectivity index (χ4v) is 3.97. The topological polar surface area (TPSA) is 69.0 Å². The summed E-state index contributed by atoms with van der Waals surface area (Å²) in [6, 6.07) is 29.2. The van der Waals surface area contributed by atoms with Gasteiger partial charge < -0.3 is 10.1 Å². The molecule has 4 aromatic carbocycles. The molecule has 1 aromatic heterocycles. The first-order valence-electron chi connectivity index (χ1n) is 10.8. The molecule has 0 bridgehead atoms. The van der Waals surface area contributed by atoms with Gasteiger partial charge in [0.1, 0.15) is 11.5 Å². The summed E-state index contributed by atoms with van der Waals surface area (Å²) in [6.07, 6.45) is 0. The summed E-state index contributed by atoms with van der Waals surface area (Å²) < 4.78 is 8.29. The number of carbonyl (C=O) groups excluding carboxylic acids is 1. The first-order valence-corrected chi connectivity index (χ1v) is 12.3. The number of hydrogen-bond donors (Lipinski definition) is 1. The van der Waals surface area contributed by atoms with Gasteiger partial charge in [0, 0.05) is 15.7 Å². The minimum absolute atomic E-state index is 0.00334. The number of nitrogens with zero attached hydrogens (tertiary/aromatic N) is 3. The molecule has 0 aliphatic carbocycles. The average molecular weight is 580 g/mol. The summed E-state index contributed by atoms with van der Waals surface area (Å²) >= 11 is 15.8. The van der Waals surface area contributed by atoms with Gasteiger partial charge in [-0.05, 0) is 66.7 Å². The number of nitrogens with one attached hydrogen (secondary N) is 1. The molecule has 5 aromatic rings. The Hall–Kier alpha value is -3.65.